The Hall–Kier alpha value is 0.150. The summed E-state index contributed by atoms with van der Waals surface area (Å²) in [5.74, 6) is 0.0690. The van der Waals surface area contributed by atoms with Crippen molar-refractivity contribution in [2.75, 3.05) is 37.2 Å². The first-order valence-electron chi connectivity index (χ1n) is 4.37. The van der Waals surface area contributed by atoms with Gasteiger partial charge in [-0.25, -0.2) is 21.1 Å². The van der Waals surface area contributed by atoms with Crippen molar-refractivity contribution < 1.29 is 16.8 Å². The van der Waals surface area contributed by atoms with E-state index >= 15 is 0 Å². The SMILES string of the molecule is CN(CCS(C)(=O)=O)S(=O)(=O)CCCCl. The Bertz CT molecular complexity index is 376. The number of hydrogen-bond donors (Lipinski definition) is 0. The summed E-state index contributed by atoms with van der Waals surface area (Å²) in [5, 5.41) is 0. The second kappa shape index (κ2) is 6.03. The first-order valence-corrected chi connectivity index (χ1v) is 8.57. The van der Waals surface area contributed by atoms with Crippen molar-refractivity contribution in [2.24, 2.45) is 0 Å². The topological polar surface area (TPSA) is 71.5 Å². The highest BCUT2D eigenvalue weighted by molar-refractivity contribution is 7.91. The van der Waals surface area contributed by atoms with E-state index < -0.39 is 19.9 Å². The summed E-state index contributed by atoms with van der Waals surface area (Å²) in [4.78, 5) is 0. The van der Waals surface area contributed by atoms with Gasteiger partial charge in [-0.2, -0.15) is 0 Å². The Morgan fingerprint density at radius 2 is 1.67 bits per heavy atom. The van der Waals surface area contributed by atoms with Crippen molar-refractivity contribution >= 4 is 31.5 Å². The number of nitrogens with zero attached hydrogens (tertiary/aromatic N) is 1. The molecule has 0 rings (SSSR count). The maximum atomic E-state index is 11.5. The van der Waals surface area contributed by atoms with Gasteiger partial charge in [0.25, 0.3) is 0 Å². The smallest absolute Gasteiger partial charge is 0.213 e. The van der Waals surface area contributed by atoms with E-state index in [-0.39, 0.29) is 23.9 Å². The number of alkyl halides is 1. The van der Waals surface area contributed by atoms with Gasteiger partial charge < -0.3 is 0 Å². The van der Waals surface area contributed by atoms with Crippen LogP contribution in [0.2, 0.25) is 0 Å². The lowest BCUT2D eigenvalue weighted by Gasteiger charge is -2.15. The third-order valence-electron chi connectivity index (χ3n) is 1.79. The number of sulfonamides is 1. The van der Waals surface area contributed by atoms with Crippen LogP contribution in [0.15, 0.2) is 0 Å². The first-order chi connectivity index (χ1) is 6.69. The Labute approximate surface area is 96.4 Å². The van der Waals surface area contributed by atoms with Crippen molar-refractivity contribution in [1.29, 1.82) is 0 Å². The predicted molar refractivity (Wildman–Crippen MR) is 61.5 cm³/mol. The molecule has 0 aromatic heterocycles. The van der Waals surface area contributed by atoms with Crippen molar-refractivity contribution in [3.63, 3.8) is 0 Å². The number of rotatable bonds is 7. The average molecular weight is 278 g/mol. The summed E-state index contributed by atoms with van der Waals surface area (Å²) in [6, 6.07) is 0. The van der Waals surface area contributed by atoms with E-state index in [1.54, 1.807) is 0 Å². The maximum absolute atomic E-state index is 11.5. The summed E-state index contributed by atoms with van der Waals surface area (Å²) < 4.78 is 45.7. The van der Waals surface area contributed by atoms with E-state index in [0.717, 1.165) is 10.6 Å². The van der Waals surface area contributed by atoms with Crippen LogP contribution in [-0.2, 0) is 19.9 Å². The van der Waals surface area contributed by atoms with E-state index in [1.807, 2.05) is 0 Å². The fraction of sp³-hybridized carbons (Fsp3) is 1.00. The number of sulfone groups is 1. The number of halogens is 1. The maximum Gasteiger partial charge on any atom is 0.213 e. The summed E-state index contributed by atoms with van der Waals surface area (Å²) >= 11 is 5.38. The van der Waals surface area contributed by atoms with Gasteiger partial charge in [0.2, 0.25) is 10.0 Å². The summed E-state index contributed by atoms with van der Waals surface area (Å²) in [7, 11) is -5.12. The summed E-state index contributed by atoms with van der Waals surface area (Å²) in [6.45, 7) is -0.0105. The molecule has 0 radical (unpaired) electrons. The average Bonchev–Trinajstić information content (AvgIpc) is 2.09. The van der Waals surface area contributed by atoms with E-state index in [9.17, 15) is 16.8 Å². The molecule has 15 heavy (non-hydrogen) atoms. The lowest BCUT2D eigenvalue weighted by molar-refractivity contribution is 0.484. The van der Waals surface area contributed by atoms with Crippen LogP contribution in [0.4, 0.5) is 0 Å². The van der Waals surface area contributed by atoms with E-state index in [0.29, 0.717) is 6.42 Å². The molecule has 0 aliphatic rings. The molecule has 0 saturated heterocycles. The van der Waals surface area contributed by atoms with Gasteiger partial charge in [-0.3, -0.25) is 0 Å². The Morgan fingerprint density at radius 3 is 2.07 bits per heavy atom. The molecule has 0 spiro atoms. The van der Waals surface area contributed by atoms with Gasteiger partial charge in [0.15, 0.2) is 0 Å². The minimum Gasteiger partial charge on any atom is -0.229 e. The number of hydrogen-bond acceptors (Lipinski definition) is 4. The largest absolute Gasteiger partial charge is 0.229 e. The zero-order chi connectivity index (χ0) is 12.1. The van der Waals surface area contributed by atoms with Gasteiger partial charge in [0.1, 0.15) is 9.84 Å². The van der Waals surface area contributed by atoms with Crippen LogP contribution in [0, 0.1) is 0 Å². The molecule has 0 atom stereocenters. The normalized spacial score (nSPS) is 13.3. The van der Waals surface area contributed by atoms with Crippen LogP contribution in [-0.4, -0.2) is 58.4 Å². The molecule has 92 valence electrons. The lowest BCUT2D eigenvalue weighted by atomic mass is 10.6. The fourth-order valence-corrected chi connectivity index (χ4v) is 3.03. The third-order valence-corrected chi connectivity index (χ3v) is 4.92. The molecule has 0 unspecified atom stereocenters. The van der Waals surface area contributed by atoms with Crippen LogP contribution in [0.1, 0.15) is 6.42 Å². The molecule has 0 aliphatic carbocycles. The second-order valence-corrected chi connectivity index (χ2v) is 8.14. The van der Waals surface area contributed by atoms with Crippen molar-refractivity contribution in [3.05, 3.63) is 0 Å². The quantitative estimate of drug-likeness (QED) is 0.611. The molecule has 0 bridgehead atoms. The lowest BCUT2D eigenvalue weighted by Crippen LogP contribution is -2.33. The molecular weight excluding hydrogens is 262 g/mol. The van der Waals surface area contributed by atoms with Gasteiger partial charge in [-0.15, -0.1) is 11.6 Å². The molecule has 5 nitrogen and oxygen atoms in total. The van der Waals surface area contributed by atoms with Gasteiger partial charge in [0, 0.05) is 25.7 Å². The molecule has 0 aromatic rings. The second-order valence-electron chi connectivity index (χ2n) is 3.31. The van der Waals surface area contributed by atoms with Crippen molar-refractivity contribution in [2.45, 2.75) is 6.42 Å². The molecule has 0 aliphatic heterocycles. The van der Waals surface area contributed by atoms with Gasteiger partial charge in [-0.1, -0.05) is 0 Å². The van der Waals surface area contributed by atoms with Gasteiger partial charge in [-0.05, 0) is 6.42 Å². The van der Waals surface area contributed by atoms with Crippen molar-refractivity contribution in [3.8, 4) is 0 Å². The molecule has 0 amide bonds. The Kier molecular flexibility index (Phi) is 6.09. The monoisotopic (exact) mass is 277 g/mol. The molecule has 0 fully saturated rings. The zero-order valence-corrected chi connectivity index (χ0v) is 11.2. The fourth-order valence-electron chi connectivity index (χ4n) is 0.826. The Balaban J connectivity index is 4.26. The standard InChI is InChI=1S/C7H16ClNO4S2/c1-9(5-7-14(2,10)11)15(12,13)6-3-4-8/h3-7H2,1-2H3. The van der Waals surface area contributed by atoms with Crippen LogP contribution in [0.5, 0.6) is 0 Å². The van der Waals surface area contributed by atoms with Crippen LogP contribution in [0.25, 0.3) is 0 Å². The highest BCUT2D eigenvalue weighted by atomic mass is 35.5. The van der Waals surface area contributed by atoms with E-state index in [4.69, 9.17) is 11.6 Å². The Morgan fingerprint density at radius 1 is 1.13 bits per heavy atom. The summed E-state index contributed by atoms with van der Waals surface area (Å²) in [5.41, 5.74) is 0. The molecule has 0 heterocycles. The van der Waals surface area contributed by atoms with E-state index in [1.165, 1.54) is 7.05 Å². The van der Waals surface area contributed by atoms with Crippen LogP contribution >= 0.6 is 11.6 Å². The molecular formula is C7H16ClNO4S2. The van der Waals surface area contributed by atoms with E-state index in [2.05, 4.69) is 0 Å². The minimum absolute atomic E-state index is 0.0105. The third kappa shape index (κ3) is 7.10. The minimum atomic E-state index is -3.36. The molecule has 8 heteroatoms. The van der Waals surface area contributed by atoms with Crippen LogP contribution < -0.4 is 0 Å². The highest BCUT2D eigenvalue weighted by Crippen LogP contribution is 2.01. The highest BCUT2D eigenvalue weighted by Gasteiger charge is 2.18. The molecule has 0 saturated carbocycles. The van der Waals surface area contributed by atoms with Crippen LogP contribution in [0.3, 0.4) is 0 Å². The van der Waals surface area contributed by atoms with Gasteiger partial charge >= 0.3 is 0 Å². The molecule has 0 N–H and O–H groups in total. The first kappa shape index (κ1) is 15.2. The molecule has 0 aromatic carbocycles. The summed E-state index contributed by atoms with van der Waals surface area (Å²) in [6.07, 6.45) is 1.44. The zero-order valence-electron chi connectivity index (χ0n) is 8.81. The van der Waals surface area contributed by atoms with Crippen molar-refractivity contribution in [1.82, 2.24) is 4.31 Å². The predicted octanol–water partition coefficient (Wildman–Crippen LogP) is -0.0785. The van der Waals surface area contributed by atoms with Gasteiger partial charge in [0.05, 0.1) is 11.5 Å².